The molecule has 0 spiro atoms. The van der Waals surface area contributed by atoms with Crippen molar-refractivity contribution >= 4 is 5.97 Å². The maximum Gasteiger partial charge on any atom is 0.338 e. The molecule has 0 aromatic heterocycles. The van der Waals surface area contributed by atoms with Gasteiger partial charge in [0.1, 0.15) is 0 Å². The lowest BCUT2D eigenvalue weighted by molar-refractivity contribution is 0.0527. The van der Waals surface area contributed by atoms with Gasteiger partial charge in [-0.05, 0) is 36.2 Å². The van der Waals surface area contributed by atoms with E-state index >= 15 is 0 Å². The van der Waals surface area contributed by atoms with Crippen molar-refractivity contribution in [2.45, 2.75) is 6.92 Å². The Balaban J connectivity index is 2.61. The van der Waals surface area contributed by atoms with Gasteiger partial charge < -0.3 is 18.9 Å². The molecule has 0 fully saturated rings. The Labute approximate surface area is 135 Å². The van der Waals surface area contributed by atoms with Crippen LogP contribution in [0, 0.1) is 0 Å². The minimum absolute atomic E-state index is 0.322. The minimum Gasteiger partial charge on any atom is -0.493 e. The largest absolute Gasteiger partial charge is 0.493 e. The second kappa shape index (κ2) is 7.54. The van der Waals surface area contributed by atoms with Gasteiger partial charge in [0.05, 0.1) is 33.5 Å². The molecule has 122 valence electrons. The van der Waals surface area contributed by atoms with Crippen LogP contribution in [0.4, 0.5) is 0 Å². The topological polar surface area (TPSA) is 54.0 Å². The second-order valence-electron chi connectivity index (χ2n) is 4.68. The lowest BCUT2D eigenvalue weighted by Crippen LogP contribution is -2.06. The molecule has 0 N–H and O–H groups in total. The lowest BCUT2D eigenvalue weighted by Gasteiger charge is -2.15. The number of hydrogen-bond donors (Lipinski definition) is 0. The highest BCUT2D eigenvalue weighted by Crippen LogP contribution is 2.41. The third kappa shape index (κ3) is 3.39. The molecule has 0 atom stereocenters. The van der Waals surface area contributed by atoms with E-state index in [4.69, 9.17) is 18.9 Å². The fourth-order valence-corrected chi connectivity index (χ4v) is 2.36. The van der Waals surface area contributed by atoms with Gasteiger partial charge in [-0.25, -0.2) is 4.79 Å². The van der Waals surface area contributed by atoms with Crippen LogP contribution in [0.25, 0.3) is 11.1 Å². The molecule has 2 aromatic rings. The molecule has 2 rings (SSSR count). The van der Waals surface area contributed by atoms with Crippen LogP contribution < -0.4 is 14.2 Å². The molecule has 0 unspecified atom stereocenters. The van der Waals surface area contributed by atoms with Crippen molar-refractivity contribution in [3.8, 4) is 28.4 Å². The number of carbonyl (C=O) groups excluding carboxylic acids is 1. The Morgan fingerprint density at radius 1 is 0.957 bits per heavy atom. The van der Waals surface area contributed by atoms with Crippen molar-refractivity contribution in [1.29, 1.82) is 0 Å². The highest BCUT2D eigenvalue weighted by molar-refractivity contribution is 5.97. The highest BCUT2D eigenvalue weighted by Gasteiger charge is 2.18. The van der Waals surface area contributed by atoms with Gasteiger partial charge in [0.2, 0.25) is 5.75 Å². The number of esters is 1. The number of methoxy groups -OCH3 is 3. The predicted octanol–water partition coefficient (Wildman–Crippen LogP) is 3.56. The summed E-state index contributed by atoms with van der Waals surface area (Å²) in [7, 11) is 4.66. The third-order valence-electron chi connectivity index (χ3n) is 3.40. The Morgan fingerprint density at radius 2 is 1.57 bits per heavy atom. The van der Waals surface area contributed by atoms with Gasteiger partial charge in [-0.15, -0.1) is 0 Å². The Morgan fingerprint density at radius 3 is 2.09 bits per heavy atom. The van der Waals surface area contributed by atoms with Crippen molar-refractivity contribution in [1.82, 2.24) is 0 Å². The molecule has 5 heteroatoms. The number of rotatable bonds is 6. The molecule has 23 heavy (non-hydrogen) atoms. The maximum absolute atomic E-state index is 12.2. The van der Waals surface area contributed by atoms with Crippen molar-refractivity contribution < 1.29 is 23.7 Å². The van der Waals surface area contributed by atoms with E-state index in [0.717, 1.165) is 11.1 Å². The van der Waals surface area contributed by atoms with Gasteiger partial charge in [0, 0.05) is 0 Å². The standard InChI is InChI=1S/C18H20O5/c1-5-23-18(19)14-9-7-6-8-13(14)12-10-15(20-2)17(22-4)16(11-12)21-3/h6-11H,5H2,1-4H3. The van der Waals surface area contributed by atoms with E-state index < -0.39 is 0 Å². The molecule has 0 saturated carbocycles. The van der Waals surface area contributed by atoms with Crippen LogP contribution in [0.5, 0.6) is 17.2 Å². The minimum atomic E-state index is -0.364. The van der Waals surface area contributed by atoms with Gasteiger partial charge >= 0.3 is 5.97 Å². The molecule has 0 amide bonds. The zero-order chi connectivity index (χ0) is 16.8. The normalized spacial score (nSPS) is 10.1. The number of hydrogen-bond acceptors (Lipinski definition) is 5. The molecule has 5 nitrogen and oxygen atoms in total. The summed E-state index contributed by atoms with van der Waals surface area (Å²) in [5.41, 5.74) is 2.01. The van der Waals surface area contributed by atoms with Gasteiger partial charge in [-0.1, -0.05) is 18.2 Å². The van der Waals surface area contributed by atoms with Crippen LogP contribution >= 0.6 is 0 Å². The smallest absolute Gasteiger partial charge is 0.338 e. The SMILES string of the molecule is CCOC(=O)c1ccccc1-c1cc(OC)c(OC)c(OC)c1. The van der Waals surface area contributed by atoms with Crippen LogP contribution in [0.1, 0.15) is 17.3 Å². The first-order valence-corrected chi connectivity index (χ1v) is 7.22. The molecule has 0 heterocycles. The summed E-state index contributed by atoms with van der Waals surface area (Å²) in [6, 6.07) is 10.9. The van der Waals surface area contributed by atoms with Gasteiger partial charge in [0.25, 0.3) is 0 Å². The fourth-order valence-electron chi connectivity index (χ4n) is 2.36. The average Bonchev–Trinajstić information content (AvgIpc) is 2.60. The summed E-state index contributed by atoms with van der Waals surface area (Å²) in [5.74, 6) is 1.20. The number of ether oxygens (including phenoxy) is 4. The summed E-state index contributed by atoms with van der Waals surface area (Å²) >= 11 is 0. The van der Waals surface area contributed by atoms with E-state index in [1.807, 2.05) is 12.1 Å². The van der Waals surface area contributed by atoms with Crippen molar-refractivity contribution in [3.63, 3.8) is 0 Å². The van der Waals surface area contributed by atoms with E-state index in [1.54, 1.807) is 52.5 Å². The Bertz CT molecular complexity index is 669. The van der Waals surface area contributed by atoms with E-state index in [9.17, 15) is 4.79 Å². The molecule has 0 aliphatic rings. The molecular formula is C18H20O5. The highest BCUT2D eigenvalue weighted by atomic mass is 16.5. The maximum atomic E-state index is 12.2. The first kappa shape index (κ1) is 16.7. The van der Waals surface area contributed by atoms with Crippen LogP contribution in [-0.2, 0) is 4.74 Å². The fraction of sp³-hybridized carbons (Fsp3) is 0.278. The predicted molar refractivity (Wildman–Crippen MR) is 87.5 cm³/mol. The van der Waals surface area contributed by atoms with Gasteiger partial charge in [0.15, 0.2) is 11.5 Å². The zero-order valence-electron chi connectivity index (χ0n) is 13.7. The van der Waals surface area contributed by atoms with Crippen LogP contribution in [0.15, 0.2) is 36.4 Å². The Kier molecular flexibility index (Phi) is 5.46. The first-order chi connectivity index (χ1) is 11.2. The summed E-state index contributed by atoms with van der Waals surface area (Å²) in [6.45, 7) is 2.10. The summed E-state index contributed by atoms with van der Waals surface area (Å²) in [5, 5.41) is 0. The Hall–Kier alpha value is -2.69. The number of benzene rings is 2. The van der Waals surface area contributed by atoms with E-state index in [2.05, 4.69) is 0 Å². The van der Waals surface area contributed by atoms with E-state index in [-0.39, 0.29) is 5.97 Å². The van der Waals surface area contributed by atoms with Crippen molar-refractivity contribution in [2.24, 2.45) is 0 Å². The lowest BCUT2D eigenvalue weighted by atomic mass is 9.99. The van der Waals surface area contributed by atoms with Crippen LogP contribution in [0.3, 0.4) is 0 Å². The first-order valence-electron chi connectivity index (χ1n) is 7.22. The zero-order valence-corrected chi connectivity index (χ0v) is 13.7. The summed E-state index contributed by atoms with van der Waals surface area (Å²) in [4.78, 5) is 12.2. The summed E-state index contributed by atoms with van der Waals surface area (Å²) < 4.78 is 21.2. The van der Waals surface area contributed by atoms with Crippen LogP contribution in [-0.4, -0.2) is 33.9 Å². The van der Waals surface area contributed by atoms with Crippen LogP contribution in [0.2, 0.25) is 0 Å². The van der Waals surface area contributed by atoms with Crippen molar-refractivity contribution in [3.05, 3.63) is 42.0 Å². The molecule has 0 saturated heterocycles. The van der Waals surface area contributed by atoms with E-state index in [0.29, 0.717) is 29.4 Å². The summed E-state index contributed by atoms with van der Waals surface area (Å²) in [6.07, 6.45) is 0. The van der Waals surface area contributed by atoms with Gasteiger partial charge in [-0.3, -0.25) is 0 Å². The molecule has 0 aliphatic heterocycles. The monoisotopic (exact) mass is 316 g/mol. The molecule has 2 aromatic carbocycles. The van der Waals surface area contributed by atoms with Gasteiger partial charge in [-0.2, -0.15) is 0 Å². The number of carbonyl (C=O) groups is 1. The average molecular weight is 316 g/mol. The molecule has 0 bridgehead atoms. The second-order valence-corrected chi connectivity index (χ2v) is 4.68. The molecule has 0 aliphatic carbocycles. The third-order valence-corrected chi connectivity index (χ3v) is 3.40. The molecular weight excluding hydrogens is 296 g/mol. The molecule has 0 radical (unpaired) electrons. The van der Waals surface area contributed by atoms with Crippen molar-refractivity contribution in [2.75, 3.05) is 27.9 Å². The quantitative estimate of drug-likeness (QED) is 0.763. The van der Waals surface area contributed by atoms with E-state index in [1.165, 1.54) is 0 Å².